The lowest BCUT2D eigenvalue weighted by molar-refractivity contribution is -0.133. The summed E-state index contributed by atoms with van der Waals surface area (Å²) in [5.74, 6) is -1.27. The number of thioether (sulfide) groups is 1. The molecule has 0 saturated carbocycles. The van der Waals surface area contributed by atoms with Crippen LogP contribution in [0.25, 0.3) is 0 Å². The first-order chi connectivity index (χ1) is 8.63. The molecule has 0 aliphatic rings. The Kier molecular flexibility index (Phi) is 6.15. The predicted octanol–water partition coefficient (Wildman–Crippen LogP) is -0.783. The summed E-state index contributed by atoms with van der Waals surface area (Å²) < 4.78 is 6.30. The van der Waals surface area contributed by atoms with E-state index in [1.807, 2.05) is 0 Å². The van der Waals surface area contributed by atoms with Crippen LogP contribution in [0.2, 0.25) is 0 Å². The van der Waals surface area contributed by atoms with E-state index in [9.17, 15) is 9.59 Å². The molecule has 0 radical (unpaired) electrons. The summed E-state index contributed by atoms with van der Waals surface area (Å²) in [5.41, 5.74) is 0. The average Bonchev–Trinajstić information content (AvgIpc) is 2.74. The first kappa shape index (κ1) is 14.5. The van der Waals surface area contributed by atoms with Crippen LogP contribution in [0.4, 0.5) is 0 Å². The van der Waals surface area contributed by atoms with Crippen LogP contribution in [0, 0.1) is 0 Å². The van der Waals surface area contributed by atoms with Gasteiger partial charge >= 0.3 is 5.97 Å². The molecule has 0 saturated heterocycles. The lowest BCUT2D eigenvalue weighted by Crippen LogP contribution is -2.30. The molecule has 2 N–H and O–H groups in total. The van der Waals surface area contributed by atoms with Crippen LogP contribution in [-0.2, 0) is 20.9 Å². The van der Waals surface area contributed by atoms with Crippen molar-refractivity contribution in [2.45, 2.75) is 11.7 Å². The highest BCUT2D eigenvalue weighted by atomic mass is 32.2. The van der Waals surface area contributed by atoms with E-state index in [0.29, 0.717) is 18.3 Å². The maximum absolute atomic E-state index is 11.5. The van der Waals surface area contributed by atoms with E-state index in [4.69, 9.17) is 9.84 Å². The lowest BCUT2D eigenvalue weighted by atomic mass is 10.5. The normalized spacial score (nSPS) is 10.3. The molecule has 0 aliphatic carbocycles. The molecule has 0 fully saturated rings. The van der Waals surface area contributed by atoms with Crippen LogP contribution >= 0.6 is 11.8 Å². The molecule has 0 spiro atoms. The summed E-state index contributed by atoms with van der Waals surface area (Å²) in [6.45, 7) is 0.919. The van der Waals surface area contributed by atoms with Crippen molar-refractivity contribution < 1.29 is 19.4 Å². The first-order valence-electron chi connectivity index (χ1n) is 5.11. The molecule has 8 nitrogen and oxygen atoms in total. The number of nitrogens with zero attached hydrogens (tertiary/aromatic N) is 3. The van der Waals surface area contributed by atoms with Crippen LogP contribution in [0.5, 0.6) is 0 Å². The number of rotatable bonds is 8. The molecule has 0 bridgehead atoms. The van der Waals surface area contributed by atoms with Gasteiger partial charge in [-0.3, -0.25) is 14.2 Å². The highest BCUT2D eigenvalue weighted by Crippen LogP contribution is 2.13. The van der Waals surface area contributed by atoms with Gasteiger partial charge in [0.25, 0.3) is 0 Å². The molecular weight excluding hydrogens is 260 g/mol. The molecule has 1 aromatic heterocycles. The molecule has 0 unspecified atom stereocenters. The largest absolute Gasteiger partial charge is 0.481 e. The van der Waals surface area contributed by atoms with E-state index >= 15 is 0 Å². The quantitative estimate of drug-likeness (QED) is 0.473. The van der Waals surface area contributed by atoms with Crippen molar-refractivity contribution >= 4 is 23.6 Å². The van der Waals surface area contributed by atoms with E-state index in [1.165, 1.54) is 10.9 Å². The third-order valence-corrected chi connectivity index (χ3v) is 2.81. The standard InChI is InChI=1S/C9H14N4O4S/c1-17-3-2-10-7(14)4-13-6-11-12-9(13)18-5-8(15)16/h6H,2-5H2,1H3,(H,10,14)(H,15,16). The van der Waals surface area contributed by atoms with Gasteiger partial charge in [-0.1, -0.05) is 11.8 Å². The van der Waals surface area contributed by atoms with Crippen molar-refractivity contribution in [3.63, 3.8) is 0 Å². The number of carbonyl (C=O) groups excluding carboxylic acids is 1. The SMILES string of the molecule is COCCNC(=O)Cn1cnnc1SCC(=O)O. The van der Waals surface area contributed by atoms with Crippen LogP contribution in [0.15, 0.2) is 11.5 Å². The number of hydrogen-bond acceptors (Lipinski definition) is 6. The number of aromatic nitrogens is 3. The smallest absolute Gasteiger partial charge is 0.313 e. The maximum Gasteiger partial charge on any atom is 0.313 e. The average molecular weight is 274 g/mol. The first-order valence-corrected chi connectivity index (χ1v) is 6.10. The van der Waals surface area contributed by atoms with Gasteiger partial charge in [0.05, 0.1) is 12.4 Å². The molecule has 1 aromatic rings. The minimum atomic E-state index is -0.945. The number of carbonyl (C=O) groups is 2. The van der Waals surface area contributed by atoms with Gasteiger partial charge in [-0.05, 0) is 0 Å². The fourth-order valence-electron chi connectivity index (χ4n) is 1.09. The number of carboxylic acid groups (broad SMARTS) is 1. The van der Waals surface area contributed by atoms with Crippen molar-refractivity contribution in [1.29, 1.82) is 0 Å². The fourth-order valence-corrected chi connectivity index (χ4v) is 1.73. The minimum absolute atomic E-state index is 0.0542. The molecule has 100 valence electrons. The Morgan fingerprint density at radius 1 is 1.61 bits per heavy atom. The van der Waals surface area contributed by atoms with E-state index in [0.717, 1.165) is 11.8 Å². The molecule has 1 amide bonds. The number of amides is 1. The Balaban J connectivity index is 2.43. The molecule has 1 rings (SSSR count). The zero-order valence-corrected chi connectivity index (χ0v) is 10.6. The summed E-state index contributed by atoms with van der Waals surface area (Å²) in [6.07, 6.45) is 1.39. The Morgan fingerprint density at radius 2 is 2.39 bits per heavy atom. The summed E-state index contributed by atoms with van der Waals surface area (Å²) in [4.78, 5) is 21.9. The Labute approximate surface area is 108 Å². The van der Waals surface area contributed by atoms with Gasteiger partial charge in [0.15, 0.2) is 5.16 Å². The van der Waals surface area contributed by atoms with Crippen molar-refractivity contribution in [2.24, 2.45) is 0 Å². The Bertz CT molecular complexity index is 409. The van der Waals surface area contributed by atoms with Gasteiger partial charge in [0.1, 0.15) is 12.9 Å². The molecule has 9 heteroatoms. The second kappa shape index (κ2) is 7.67. The topological polar surface area (TPSA) is 106 Å². The minimum Gasteiger partial charge on any atom is -0.481 e. The van der Waals surface area contributed by atoms with Crippen LogP contribution in [0.3, 0.4) is 0 Å². The number of carboxylic acids is 1. The van der Waals surface area contributed by atoms with Crippen molar-refractivity contribution in [3.05, 3.63) is 6.33 Å². The van der Waals surface area contributed by atoms with E-state index in [1.54, 1.807) is 7.11 Å². The molecular formula is C9H14N4O4S. The van der Waals surface area contributed by atoms with Gasteiger partial charge in [0, 0.05) is 13.7 Å². The number of aliphatic carboxylic acids is 1. The molecule has 1 heterocycles. The number of methoxy groups -OCH3 is 1. The van der Waals surface area contributed by atoms with Gasteiger partial charge in [0.2, 0.25) is 5.91 Å². The second-order valence-corrected chi connectivity index (χ2v) is 4.21. The van der Waals surface area contributed by atoms with Gasteiger partial charge in [-0.15, -0.1) is 10.2 Å². The third kappa shape index (κ3) is 5.15. The molecule has 18 heavy (non-hydrogen) atoms. The highest BCUT2D eigenvalue weighted by Gasteiger charge is 2.10. The van der Waals surface area contributed by atoms with Gasteiger partial charge in [-0.2, -0.15) is 0 Å². The fraction of sp³-hybridized carbons (Fsp3) is 0.556. The van der Waals surface area contributed by atoms with E-state index in [2.05, 4.69) is 15.5 Å². The summed E-state index contributed by atoms with van der Waals surface area (Å²) in [6, 6.07) is 0. The number of ether oxygens (including phenoxy) is 1. The van der Waals surface area contributed by atoms with Crippen molar-refractivity contribution in [2.75, 3.05) is 26.0 Å². The molecule has 0 atom stereocenters. The predicted molar refractivity (Wildman–Crippen MR) is 63.3 cm³/mol. The Hall–Kier alpha value is -1.61. The number of nitrogens with one attached hydrogen (secondary N) is 1. The zero-order valence-electron chi connectivity index (χ0n) is 9.83. The summed E-state index contributed by atoms with van der Waals surface area (Å²) in [5, 5.41) is 19.0. The maximum atomic E-state index is 11.5. The third-order valence-electron chi connectivity index (χ3n) is 1.85. The van der Waals surface area contributed by atoms with Crippen LogP contribution in [-0.4, -0.2) is 57.8 Å². The zero-order chi connectivity index (χ0) is 13.4. The second-order valence-electron chi connectivity index (χ2n) is 3.27. The molecule has 0 aromatic carbocycles. The summed E-state index contributed by atoms with van der Waals surface area (Å²) in [7, 11) is 1.55. The van der Waals surface area contributed by atoms with Gasteiger partial charge in [-0.25, -0.2) is 0 Å². The highest BCUT2D eigenvalue weighted by molar-refractivity contribution is 7.99. The molecule has 0 aliphatic heterocycles. The monoisotopic (exact) mass is 274 g/mol. The van der Waals surface area contributed by atoms with Crippen molar-refractivity contribution in [3.8, 4) is 0 Å². The van der Waals surface area contributed by atoms with Crippen LogP contribution in [0.1, 0.15) is 0 Å². The number of hydrogen-bond donors (Lipinski definition) is 2. The summed E-state index contributed by atoms with van der Waals surface area (Å²) >= 11 is 1.02. The van der Waals surface area contributed by atoms with Crippen LogP contribution < -0.4 is 5.32 Å². The van der Waals surface area contributed by atoms with Gasteiger partial charge < -0.3 is 15.2 Å². The Morgan fingerprint density at radius 3 is 3.06 bits per heavy atom. The lowest BCUT2D eigenvalue weighted by Gasteiger charge is -2.06. The van der Waals surface area contributed by atoms with E-state index < -0.39 is 5.97 Å². The van der Waals surface area contributed by atoms with E-state index in [-0.39, 0.29) is 18.2 Å². The van der Waals surface area contributed by atoms with Crippen molar-refractivity contribution in [1.82, 2.24) is 20.1 Å².